The van der Waals surface area contributed by atoms with E-state index in [0.717, 1.165) is 0 Å². The average Bonchev–Trinajstić information content (AvgIpc) is 1.64. The van der Waals surface area contributed by atoms with Crippen LogP contribution in [-0.2, 0) is 99.7 Å². The van der Waals surface area contributed by atoms with Crippen LogP contribution in [0.2, 0.25) is 0 Å². The summed E-state index contributed by atoms with van der Waals surface area (Å²) in [7, 11) is 15.8. The molecule has 0 aromatic rings. The summed E-state index contributed by atoms with van der Waals surface area (Å²) in [6, 6.07) is -1.49. The van der Waals surface area contributed by atoms with Crippen LogP contribution in [0.3, 0.4) is 0 Å². The number of esters is 3. The zero-order valence-electron chi connectivity index (χ0n) is 77.0. The summed E-state index contributed by atoms with van der Waals surface area (Å²) in [4.78, 5) is 72.5. The first-order chi connectivity index (χ1) is 55.2. The highest BCUT2D eigenvalue weighted by Gasteiger charge is 2.60. The Balaban J connectivity index is 0.000000424. The summed E-state index contributed by atoms with van der Waals surface area (Å²) in [5.41, 5.74) is -8.16. The van der Waals surface area contributed by atoms with Gasteiger partial charge in [0.15, 0.2) is 36.9 Å². The van der Waals surface area contributed by atoms with Crippen LogP contribution in [0.5, 0.6) is 0 Å². The van der Waals surface area contributed by atoms with E-state index in [1.165, 1.54) is 14.0 Å². The zero-order chi connectivity index (χ0) is 89.9. The number of rotatable bonds is 24. The molecule has 7 saturated heterocycles. The van der Waals surface area contributed by atoms with Gasteiger partial charge in [-0.05, 0) is 202 Å². The summed E-state index contributed by atoms with van der Waals surface area (Å²) in [6.45, 7) is 37.6. The summed E-state index contributed by atoms with van der Waals surface area (Å²) < 4.78 is 106. The number of fused-ring (bicyclic) bond motifs is 1. The number of aliphatic hydroxyl groups excluding tert-OH is 3. The molecule has 0 spiro atoms. The number of nitrogens with zero attached hydrogens (tertiary/aromatic N) is 4. The lowest BCUT2D eigenvalue weighted by atomic mass is 9.77. The maximum Gasteiger partial charge on any atom is 0.509 e. The molecule has 0 bridgehead atoms. The second kappa shape index (κ2) is 45.3. The van der Waals surface area contributed by atoms with Crippen molar-refractivity contribution in [1.29, 1.82) is 0 Å². The Morgan fingerprint density at radius 1 is 0.533 bits per heavy atom. The fourth-order valence-electron chi connectivity index (χ4n) is 19.6. The second-order valence-electron chi connectivity index (χ2n) is 37.6. The van der Waals surface area contributed by atoms with Gasteiger partial charge in [-0.1, -0.05) is 49.0 Å². The number of carboxylic acids is 1. The first kappa shape index (κ1) is 107. The molecule has 33 nitrogen and oxygen atoms in total. The highest BCUT2D eigenvalue weighted by atomic mass is 16.8. The van der Waals surface area contributed by atoms with E-state index < -0.39 is 198 Å². The number of aliphatic carboxylic acids is 1. The van der Waals surface area contributed by atoms with Crippen LogP contribution in [0.15, 0.2) is 0 Å². The second-order valence-corrected chi connectivity index (χ2v) is 37.6. The standard InChI is InChI=1S/C44H78N2O15.C42H78N2O14.CH4/c1-16-31-44(10)37(60-41(50)61-44)28(6)46(13)23-24(2)21-42(8,51)36(59-40-34(48)30(45(11)12)20-25(3)55-40)26(4)35(27(5)39(49)57-31)58-33-22-43(9,53-15)38(29(7)56-33)54-19-17-18-32(47)52-14;1-15-30-42(10,51)35(48)27(6)44(13)22-23(2)20-40(8,50)36(58-39-33(47)29(43(11)12)19-24(3)54-39)25(4)34(26(5)38(49)56-30)57-32-21-41(9,52-14)37(28(7)55-32)53-18-16-17-31(45)46;/h24-31,33-38,40,48,51H,16-23H2,1-15H3;23-30,32-37,39,47-48,50-51H,15-22H2,1-14H3,(H,45,46);1H4/t24-,25-,26+,27-,28-,29+,30+,31-,33?,34-,35+,36-,37+,38+,40+,42-,43-,44-;23-,24-,25+,26-,27-,28+,29+,30-,32?,33-,34+,35+,36-,37+,39+,40-,41-,42-;/m11./s1. The Kier molecular flexibility index (Phi) is 40.3. The van der Waals surface area contributed by atoms with Crippen LogP contribution in [-0.4, -0.2) is 356 Å². The molecule has 33 heteroatoms. The van der Waals surface area contributed by atoms with E-state index in [0.29, 0.717) is 45.2 Å². The van der Waals surface area contributed by atoms with Crippen molar-refractivity contribution in [2.24, 2.45) is 35.5 Å². The normalized spacial score (nSPS) is 44.7. The van der Waals surface area contributed by atoms with Gasteiger partial charge in [-0.15, -0.1) is 0 Å². The van der Waals surface area contributed by atoms with Crippen molar-refractivity contribution in [2.45, 2.75) is 404 Å². The summed E-state index contributed by atoms with van der Waals surface area (Å²) in [5, 5.41) is 81.1. The third-order valence-electron chi connectivity index (χ3n) is 26.7. The van der Waals surface area contributed by atoms with Gasteiger partial charge in [-0.3, -0.25) is 24.1 Å². The molecule has 702 valence electrons. The van der Waals surface area contributed by atoms with Gasteiger partial charge in [-0.25, -0.2) is 4.79 Å². The molecule has 7 aliphatic heterocycles. The van der Waals surface area contributed by atoms with Crippen molar-refractivity contribution in [3.8, 4) is 0 Å². The lowest BCUT2D eigenvalue weighted by Gasteiger charge is -2.49. The Labute approximate surface area is 715 Å². The number of carbonyl (C=O) groups is 5. The van der Waals surface area contributed by atoms with Crippen LogP contribution in [0.1, 0.15) is 223 Å². The van der Waals surface area contributed by atoms with Crippen LogP contribution in [0.4, 0.5) is 4.79 Å². The number of hydrogen-bond donors (Lipinski definition) is 7. The maximum absolute atomic E-state index is 14.6. The van der Waals surface area contributed by atoms with Crippen LogP contribution in [0, 0.1) is 35.5 Å². The molecule has 0 radical (unpaired) electrons. The number of carboxylic acid groups (broad SMARTS) is 1. The van der Waals surface area contributed by atoms with Gasteiger partial charge >= 0.3 is 30.0 Å². The van der Waals surface area contributed by atoms with Crippen LogP contribution in [0.25, 0.3) is 0 Å². The highest BCUT2D eigenvalue weighted by molar-refractivity contribution is 5.74. The Morgan fingerprint density at radius 2 is 0.925 bits per heavy atom. The molecule has 0 saturated carbocycles. The molecular formula is C87H160N4O29. The fraction of sp³-hybridized carbons (Fsp3) is 0.943. The molecule has 7 fully saturated rings. The van der Waals surface area contributed by atoms with E-state index in [-0.39, 0.29) is 114 Å². The van der Waals surface area contributed by atoms with E-state index in [9.17, 15) is 54.6 Å². The maximum atomic E-state index is 14.6. The molecule has 36 atom stereocenters. The Morgan fingerprint density at radius 3 is 1.30 bits per heavy atom. The fourth-order valence-corrected chi connectivity index (χ4v) is 19.6. The molecule has 7 heterocycles. The summed E-state index contributed by atoms with van der Waals surface area (Å²) in [6.07, 6.45) is -14.7. The predicted octanol–water partition coefficient (Wildman–Crippen LogP) is 7.49. The first-order valence-corrected chi connectivity index (χ1v) is 43.3. The largest absolute Gasteiger partial charge is 0.509 e. The molecule has 7 aliphatic rings. The number of carbonyl (C=O) groups excluding carboxylic acids is 4. The Bertz CT molecular complexity index is 3160. The minimum absolute atomic E-state index is 0. The smallest absolute Gasteiger partial charge is 0.481 e. The minimum atomic E-state index is -1.82. The lowest BCUT2D eigenvalue weighted by Crippen LogP contribution is -2.61. The van der Waals surface area contributed by atoms with Crippen molar-refractivity contribution < 1.29 is 140 Å². The molecular weight excluding hydrogens is 1560 g/mol. The van der Waals surface area contributed by atoms with Crippen molar-refractivity contribution in [1.82, 2.24) is 19.6 Å². The molecule has 7 N–H and O–H groups in total. The van der Waals surface area contributed by atoms with Crippen LogP contribution < -0.4 is 0 Å². The third-order valence-corrected chi connectivity index (χ3v) is 26.7. The van der Waals surface area contributed by atoms with Crippen molar-refractivity contribution >= 4 is 30.0 Å². The van der Waals surface area contributed by atoms with E-state index in [1.54, 1.807) is 62.7 Å². The van der Waals surface area contributed by atoms with Crippen molar-refractivity contribution in [2.75, 3.05) is 89.9 Å². The monoisotopic (exact) mass is 1730 g/mol. The summed E-state index contributed by atoms with van der Waals surface area (Å²) in [5.74, 6) is -6.44. The van der Waals surface area contributed by atoms with Crippen LogP contribution >= 0.6 is 0 Å². The highest BCUT2D eigenvalue weighted by Crippen LogP contribution is 2.46. The Hall–Kier alpha value is -3.73. The summed E-state index contributed by atoms with van der Waals surface area (Å²) >= 11 is 0. The number of methoxy groups -OCH3 is 3. The van der Waals surface area contributed by atoms with Crippen molar-refractivity contribution in [3.05, 3.63) is 0 Å². The molecule has 0 aromatic heterocycles. The molecule has 0 aromatic carbocycles. The van der Waals surface area contributed by atoms with E-state index in [2.05, 4.69) is 4.90 Å². The van der Waals surface area contributed by atoms with Gasteiger partial charge in [0.05, 0.1) is 90.2 Å². The van der Waals surface area contributed by atoms with Gasteiger partial charge in [0, 0.05) is 102 Å². The minimum Gasteiger partial charge on any atom is -0.481 e. The van der Waals surface area contributed by atoms with Crippen molar-refractivity contribution in [3.63, 3.8) is 0 Å². The van der Waals surface area contributed by atoms with Gasteiger partial charge in [0.25, 0.3) is 0 Å². The number of cyclic esters (lactones) is 2. The molecule has 7 rings (SSSR count). The predicted molar refractivity (Wildman–Crippen MR) is 444 cm³/mol. The van der Waals surface area contributed by atoms with Gasteiger partial charge < -0.3 is 131 Å². The molecule has 2 unspecified atom stereocenters. The average molecular weight is 1730 g/mol. The topological polar surface area (TPSA) is 397 Å². The SMILES string of the molecule is C.CC[C@H]1OC(=O)[C@H](C)[C@@H](OC2C[C@@](C)(OC)[C@@H](OCCCC(=O)O)[C@H](C)O2)[C@H](C)[C@@H](O[C@@H]2O[C@H](C)C[C@H](N(C)C)[C@H]2O)[C@](C)(O)C[C@@H](C)CN(C)[C@H](C)[C@H](O)[C@]1(C)O.CC[C@H]1OC(=O)[C@H](C)[C@@H](OC2C[C@@](C)(OC)[C@@H](OCCCC(=O)OC)[C@H](C)O2)[C@H](C)[C@@H](O[C@@H]2O[C@H](C)C[C@H](N(C)C)[C@H]2O)[C@](C)(O)C[C@@H](C)CN(C)[C@H](C)[C@@H]2OC(=O)O[C@]12C. The van der Waals surface area contributed by atoms with Gasteiger partial charge in [-0.2, -0.15) is 0 Å². The van der Waals surface area contributed by atoms with E-state index in [4.69, 9.17) is 85.6 Å². The first-order valence-electron chi connectivity index (χ1n) is 43.3. The number of aliphatic hydroxyl groups is 6. The zero-order valence-corrected chi connectivity index (χ0v) is 77.0. The van der Waals surface area contributed by atoms with Gasteiger partial charge in [0.2, 0.25) is 0 Å². The van der Waals surface area contributed by atoms with E-state index in [1.807, 2.05) is 140 Å². The molecule has 0 aliphatic carbocycles. The van der Waals surface area contributed by atoms with Gasteiger partial charge in [0.1, 0.15) is 48.3 Å². The lowest BCUT2D eigenvalue weighted by molar-refractivity contribution is -0.321. The molecule has 0 amide bonds. The number of likely N-dealkylation sites (N-methyl/N-ethyl adjacent to an activating group) is 4. The third kappa shape index (κ3) is 26.5. The molecule has 120 heavy (non-hydrogen) atoms. The quantitative estimate of drug-likeness (QED) is 0.0279. The van der Waals surface area contributed by atoms with E-state index >= 15 is 0 Å². The number of hydrogen-bond acceptors (Lipinski definition) is 32. The number of ether oxygens (including phenoxy) is 17.